The fourth-order valence-corrected chi connectivity index (χ4v) is 3.52. The zero-order valence-corrected chi connectivity index (χ0v) is 14.0. The van der Waals surface area contributed by atoms with Crippen molar-refractivity contribution >= 4 is 27.9 Å². The van der Waals surface area contributed by atoms with Gasteiger partial charge in [0.15, 0.2) is 4.96 Å². The Balaban J connectivity index is 1.56. The second-order valence-corrected chi connectivity index (χ2v) is 6.45. The van der Waals surface area contributed by atoms with Crippen LogP contribution in [0.25, 0.3) is 16.2 Å². The molecule has 2 N–H and O–H groups in total. The number of nitrogens with one attached hydrogen (secondary N) is 1. The fourth-order valence-electron chi connectivity index (χ4n) is 2.64. The molecule has 1 amide bonds. The van der Waals surface area contributed by atoms with Crippen LogP contribution in [-0.2, 0) is 11.2 Å². The number of aromatic hydroxyl groups is 1. The van der Waals surface area contributed by atoms with Crippen LogP contribution in [0, 0.1) is 0 Å². The summed E-state index contributed by atoms with van der Waals surface area (Å²) in [5.41, 5.74) is 3.20. The number of carbonyl (C=O) groups excluding carboxylic acids is 1. The molecule has 0 aliphatic heterocycles. The topological polar surface area (TPSA) is 66.6 Å². The average molecular weight is 349 g/mol. The molecule has 25 heavy (non-hydrogen) atoms. The molecule has 0 radical (unpaired) electrons. The maximum Gasteiger partial charge on any atom is 0.230 e. The predicted molar refractivity (Wildman–Crippen MR) is 98.9 cm³/mol. The third kappa shape index (κ3) is 3.12. The van der Waals surface area contributed by atoms with Crippen LogP contribution in [0.2, 0.25) is 0 Å². The van der Waals surface area contributed by atoms with Crippen LogP contribution in [0.4, 0.5) is 5.69 Å². The first-order valence-corrected chi connectivity index (χ1v) is 8.67. The van der Waals surface area contributed by atoms with E-state index in [0.717, 1.165) is 21.9 Å². The molecule has 0 saturated carbocycles. The van der Waals surface area contributed by atoms with Gasteiger partial charge in [-0.3, -0.25) is 9.20 Å². The van der Waals surface area contributed by atoms with Gasteiger partial charge >= 0.3 is 0 Å². The zero-order chi connectivity index (χ0) is 17.2. The van der Waals surface area contributed by atoms with Crippen LogP contribution >= 0.6 is 11.3 Å². The molecular weight excluding hydrogens is 334 g/mol. The third-order valence-electron chi connectivity index (χ3n) is 3.87. The highest BCUT2D eigenvalue weighted by atomic mass is 32.1. The Morgan fingerprint density at radius 3 is 2.68 bits per heavy atom. The lowest BCUT2D eigenvalue weighted by molar-refractivity contribution is -0.115. The second-order valence-electron chi connectivity index (χ2n) is 5.61. The molecule has 2 aromatic heterocycles. The van der Waals surface area contributed by atoms with Crippen molar-refractivity contribution < 1.29 is 9.90 Å². The van der Waals surface area contributed by atoms with Gasteiger partial charge in [-0.1, -0.05) is 42.5 Å². The standard InChI is InChI=1S/C19H15N3O2S/c23-17-9-5-4-8-15(17)20-18(24)10-14-12-25-19-21-16(11-22(14)19)13-6-2-1-3-7-13/h1-9,11-12,23H,10H2,(H,20,24). The summed E-state index contributed by atoms with van der Waals surface area (Å²) in [6.07, 6.45) is 2.16. The summed E-state index contributed by atoms with van der Waals surface area (Å²) in [7, 11) is 0. The van der Waals surface area contributed by atoms with E-state index in [-0.39, 0.29) is 18.1 Å². The maximum atomic E-state index is 12.3. The molecule has 0 aliphatic carbocycles. The summed E-state index contributed by atoms with van der Waals surface area (Å²) >= 11 is 1.50. The molecule has 0 atom stereocenters. The Labute approximate surface area is 148 Å². The van der Waals surface area contributed by atoms with Gasteiger partial charge in [-0.15, -0.1) is 11.3 Å². The Kier molecular flexibility index (Phi) is 3.95. The van der Waals surface area contributed by atoms with Crippen molar-refractivity contribution in [3.8, 4) is 17.0 Å². The summed E-state index contributed by atoms with van der Waals surface area (Å²) < 4.78 is 1.94. The molecule has 2 heterocycles. The molecule has 4 aromatic rings. The lowest BCUT2D eigenvalue weighted by Crippen LogP contribution is -2.15. The predicted octanol–water partition coefficient (Wildman–Crippen LogP) is 3.95. The van der Waals surface area contributed by atoms with E-state index in [0.29, 0.717) is 5.69 Å². The van der Waals surface area contributed by atoms with E-state index in [1.165, 1.54) is 11.3 Å². The first kappa shape index (κ1) is 15.4. The molecule has 0 fully saturated rings. The number of hydrogen-bond acceptors (Lipinski definition) is 4. The van der Waals surface area contributed by atoms with E-state index in [1.807, 2.05) is 46.3 Å². The number of amides is 1. The smallest absolute Gasteiger partial charge is 0.230 e. The zero-order valence-electron chi connectivity index (χ0n) is 13.2. The average Bonchev–Trinajstić information content (AvgIpc) is 3.20. The number of thiazole rings is 1. The van der Waals surface area contributed by atoms with Crippen LogP contribution in [0.3, 0.4) is 0 Å². The fraction of sp³-hybridized carbons (Fsp3) is 0.0526. The number of phenolic OH excluding ortho intramolecular Hbond substituents is 1. The largest absolute Gasteiger partial charge is 0.506 e. The normalized spacial score (nSPS) is 10.9. The number of nitrogens with zero attached hydrogens (tertiary/aromatic N) is 2. The molecule has 5 nitrogen and oxygen atoms in total. The van der Waals surface area contributed by atoms with E-state index in [1.54, 1.807) is 24.3 Å². The minimum atomic E-state index is -0.184. The molecule has 6 heteroatoms. The van der Waals surface area contributed by atoms with Crippen LogP contribution in [0.5, 0.6) is 5.75 Å². The highest BCUT2D eigenvalue weighted by molar-refractivity contribution is 7.15. The van der Waals surface area contributed by atoms with Crippen LogP contribution < -0.4 is 5.32 Å². The van der Waals surface area contributed by atoms with E-state index in [4.69, 9.17) is 0 Å². The van der Waals surface area contributed by atoms with E-state index < -0.39 is 0 Å². The quantitative estimate of drug-likeness (QED) is 0.548. The number of phenols is 1. The number of carbonyl (C=O) groups is 1. The minimum Gasteiger partial charge on any atom is -0.506 e. The number of aromatic nitrogens is 2. The number of imidazole rings is 1. The molecule has 0 saturated heterocycles. The highest BCUT2D eigenvalue weighted by Crippen LogP contribution is 2.25. The summed E-state index contributed by atoms with van der Waals surface area (Å²) in [5.74, 6) is -0.128. The molecule has 0 bridgehead atoms. The summed E-state index contributed by atoms with van der Waals surface area (Å²) in [4.78, 5) is 17.8. The first-order valence-electron chi connectivity index (χ1n) is 7.79. The van der Waals surface area contributed by atoms with Crippen molar-refractivity contribution in [1.29, 1.82) is 0 Å². The van der Waals surface area contributed by atoms with Crippen LogP contribution in [0.15, 0.2) is 66.2 Å². The van der Waals surface area contributed by atoms with Gasteiger partial charge in [-0.25, -0.2) is 4.98 Å². The molecule has 4 rings (SSSR count). The molecule has 0 aliphatic rings. The molecule has 2 aromatic carbocycles. The Hall–Kier alpha value is -3.12. The van der Waals surface area contributed by atoms with Gasteiger partial charge < -0.3 is 10.4 Å². The molecular formula is C19H15N3O2S. The Bertz CT molecular complexity index is 1040. The van der Waals surface area contributed by atoms with Gasteiger partial charge in [-0.2, -0.15) is 0 Å². The summed E-state index contributed by atoms with van der Waals surface area (Å²) in [6, 6.07) is 16.6. The van der Waals surface area contributed by atoms with E-state index in [9.17, 15) is 9.90 Å². The number of hydrogen-bond donors (Lipinski definition) is 2. The van der Waals surface area contributed by atoms with Crippen molar-refractivity contribution in [2.75, 3.05) is 5.32 Å². The van der Waals surface area contributed by atoms with E-state index in [2.05, 4.69) is 10.3 Å². The SMILES string of the molecule is O=C(Cc1csc2nc(-c3ccccc3)cn12)Nc1ccccc1O. The van der Waals surface area contributed by atoms with Gasteiger partial charge in [0.1, 0.15) is 5.75 Å². The van der Waals surface area contributed by atoms with Gasteiger partial charge in [0, 0.05) is 22.8 Å². The van der Waals surface area contributed by atoms with Crippen LogP contribution in [0.1, 0.15) is 5.69 Å². The summed E-state index contributed by atoms with van der Waals surface area (Å²) in [6.45, 7) is 0. The van der Waals surface area contributed by atoms with Gasteiger partial charge in [0.05, 0.1) is 17.8 Å². The lowest BCUT2D eigenvalue weighted by atomic mass is 10.2. The first-order chi connectivity index (χ1) is 12.2. The van der Waals surface area contributed by atoms with Gasteiger partial charge in [0.2, 0.25) is 5.91 Å². The highest BCUT2D eigenvalue weighted by Gasteiger charge is 2.13. The van der Waals surface area contributed by atoms with Crippen molar-refractivity contribution in [3.05, 3.63) is 71.9 Å². The van der Waals surface area contributed by atoms with E-state index >= 15 is 0 Å². The Morgan fingerprint density at radius 1 is 1.12 bits per heavy atom. The maximum absolute atomic E-state index is 12.3. The monoisotopic (exact) mass is 349 g/mol. The number of anilines is 1. The van der Waals surface area contributed by atoms with Crippen molar-refractivity contribution in [1.82, 2.24) is 9.38 Å². The Morgan fingerprint density at radius 2 is 1.88 bits per heavy atom. The summed E-state index contributed by atoms with van der Waals surface area (Å²) in [5, 5.41) is 14.4. The number of benzene rings is 2. The second kappa shape index (κ2) is 6.41. The molecule has 0 spiro atoms. The van der Waals surface area contributed by atoms with Crippen molar-refractivity contribution in [2.24, 2.45) is 0 Å². The van der Waals surface area contributed by atoms with Crippen molar-refractivity contribution in [3.63, 3.8) is 0 Å². The molecule has 0 unspecified atom stereocenters. The molecule has 124 valence electrons. The number of para-hydroxylation sites is 2. The number of rotatable bonds is 4. The van der Waals surface area contributed by atoms with Crippen LogP contribution in [-0.4, -0.2) is 20.4 Å². The number of fused-ring (bicyclic) bond motifs is 1. The lowest BCUT2D eigenvalue weighted by Gasteiger charge is -2.06. The van der Waals surface area contributed by atoms with Gasteiger partial charge in [-0.05, 0) is 12.1 Å². The van der Waals surface area contributed by atoms with Gasteiger partial charge in [0.25, 0.3) is 0 Å². The minimum absolute atomic E-state index is 0.0558. The third-order valence-corrected chi connectivity index (χ3v) is 4.76. The van der Waals surface area contributed by atoms with Crippen molar-refractivity contribution in [2.45, 2.75) is 6.42 Å².